The van der Waals surface area contributed by atoms with Crippen LogP contribution in [0.3, 0.4) is 0 Å². The lowest BCUT2D eigenvalue weighted by Gasteiger charge is -2.10. The third kappa shape index (κ3) is 2.88. The fraction of sp³-hybridized carbons (Fsp3) is 0.300. The molecular formula is C10H13N3O3S. The van der Waals surface area contributed by atoms with Crippen molar-refractivity contribution in [3.05, 3.63) is 33.7 Å². The van der Waals surface area contributed by atoms with Crippen LogP contribution in [0, 0.1) is 0 Å². The average molecular weight is 255 g/mol. The minimum Gasteiger partial charge on any atom is -0.365 e. The van der Waals surface area contributed by atoms with Gasteiger partial charge in [0.25, 0.3) is 17.4 Å². The molecule has 1 aromatic heterocycles. The van der Waals surface area contributed by atoms with Crippen molar-refractivity contribution in [2.24, 2.45) is 11.5 Å². The van der Waals surface area contributed by atoms with Gasteiger partial charge in [-0.1, -0.05) is 0 Å². The SMILES string of the molecule is CSCCn1c(C(N)=O)ccc(C(N)=O)c1=O. The van der Waals surface area contributed by atoms with Crippen molar-refractivity contribution in [1.29, 1.82) is 0 Å². The highest BCUT2D eigenvalue weighted by Gasteiger charge is 2.14. The standard InChI is InChI=1S/C10H13N3O3S/c1-17-5-4-13-7(9(12)15)3-2-6(8(11)14)10(13)16/h2-3H,4-5H2,1H3,(H2,11,14)(H2,12,15). The average Bonchev–Trinajstić information content (AvgIpc) is 2.26. The van der Waals surface area contributed by atoms with Crippen LogP contribution in [0.1, 0.15) is 20.8 Å². The molecule has 17 heavy (non-hydrogen) atoms. The van der Waals surface area contributed by atoms with Crippen LogP contribution >= 0.6 is 11.8 Å². The van der Waals surface area contributed by atoms with Crippen molar-refractivity contribution in [2.45, 2.75) is 6.54 Å². The van der Waals surface area contributed by atoms with E-state index in [9.17, 15) is 14.4 Å². The smallest absolute Gasteiger partial charge is 0.265 e. The Hall–Kier alpha value is -1.76. The van der Waals surface area contributed by atoms with E-state index in [1.807, 2.05) is 6.26 Å². The van der Waals surface area contributed by atoms with Crippen LogP contribution in [-0.4, -0.2) is 28.4 Å². The molecule has 2 amide bonds. The van der Waals surface area contributed by atoms with Gasteiger partial charge in [0.1, 0.15) is 11.3 Å². The molecule has 6 nitrogen and oxygen atoms in total. The molecule has 0 unspecified atom stereocenters. The highest BCUT2D eigenvalue weighted by Crippen LogP contribution is 2.02. The molecule has 0 aliphatic carbocycles. The van der Waals surface area contributed by atoms with Crippen molar-refractivity contribution in [2.75, 3.05) is 12.0 Å². The van der Waals surface area contributed by atoms with E-state index in [0.29, 0.717) is 12.3 Å². The summed E-state index contributed by atoms with van der Waals surface area (Å²) in [6, 6.07) is 2.56. The van der Waals surface area contributed by atoms with E-state index in [1.54, 1.807) is 0 Å². The number of hydrogen-bond donors (Lipinski definition) is 2. The summed E-state index contributed by atoms with van der Waals surface area (Å²) in [6.07, 6.45) is 1.87. The van der Waals surface area contributed by atoms with E-state index < -0.39 is 17.4 Å². The molecule has 0 aromatic carbocycles. The zero-order valence-corrected chi connectivity index (χ0v) is 10.1. The minimum atomic E-state index is -0.816. The maximum atomic E-state index is 11.9. The second-order valence-electron chi connectivity index (χ2n) is 3.31. The third-order valence-corrected chi connectivity index (χ3v) is 2.80. The Morgan fingerprint density at radius 1 is 1.29 bits per heavy atom. The summed E-state index contributed by atoms with van der Waals surface area (Å²) in [5.41, 5.74) is 9.58. The van der Waals surface area contributed by atoms with Crippen LogP contribution in [0.4, 0.5) is 0 Å². The molecule has 0 atom stereocenters. The third-order valence-electron chi connectivity index (χ3n) is 2.21. The maximum absolute atomic E-state index is 11.9. The van der Waals surface area contributed by atoms with Crippen LogP contribution in [0.2, 0.25) is 0 Å². The molecule has 0 saturated heterocycles. The van der Waals surface area contributed by atoms with Gasteiger partial charge in [0.2, 0.25) is 0 Å². The number of pyridine rings is 1. The van der Waals surface area contributed by atoms with Crippen molar-refractivity contribution < 1.29 is 9.59 Å². The van der Waals surface area contributed by atoms with E-state index in [1.165, 1.54) is 28.5 Å². The molecule has 1 heterocycles. The number of carbonyl (C=O) groups excluding carboxylic acids is 2. The number of primary amides is 2. The molecule has 0 bridgehead atoms. The number of carbonyl (C=O) groups is 2. The lowest BCUT2D eigenvalue weighted by molar-refractivity contribution is 0.0978. The Morgan fingerprint density at radius 2 is 1.94 bits per heavy atom. The van der Waals surface area contributed by atoms with Gasteiger partial charge in [0.05, 0.1) is 0 Å². The summed E-state index contributed by atoms with van der Waals surface area (Å²) in [5.74, 6) is -0.897. The van der Waals surface area contributed by atoms with Crippen molar-refractivity contribution >= 4 is 23.6 Å². The molecule has 1 rings (SSSR count). The van der Waals surface area contributed by atoms with E-state index in [-0.39, 0.29) is 11.3 Å². The van der Waals surface area contributed by atoms with Crippen molar-refractivity contribution in [3.8, 4) is 0 Å². The molecule has 0 spiro atoms. The van der Waals surface area contributed by atoms with Crippen molar-refractivity contribution in [1.82, 2.24) is 4.57 Å². The Labute approximate surface area is 102 Å². The molecule has 0 aliphatic heterocycles. The van der Waals surface area contributed by atoms with Crippen LogP contribution in [-0.2, 0) is 6.54 Å². The first-order chi connectivity index (χ1) is 7.99. The molecule has 0 fully saturated rings. The zero-order chi connectivity index (χ0) is 13.0. The summed E-state index contributed by atoms with van der Waals surface area (Å²) >= 11 is 1.51. The first-order valence-electron chi connectivity index (χ1n) is 4.81. The number of amides is 2. The van der Waals surface area contributed by atoms with Gasteiger partial charge >= 0.3 is 0 Å². The Bertz CT molecular complexity index is 510. The molecule has 0 saturated carbocycles. The van der Waals surface area contributed by atoms with Crippen molar-refractivity contribution in [3.63, 3.8) is 0 Å². The van der Waals surface area contributed by atoms with Gasteiger partial charge in [-0.05, 0) is 18.4 Å². The monoisotopic (exact) mass is 255 g/mol. The lowest BCUT2D eigenvalue weighted by Crippen LogP contribution is -2.34. The molecule has 1 aromatic rings. The van der Waals surface area contributed by atoms with Gasteiger partial charge in [-0.25, -0.2) is 0 Å². The van der Waals surface area contributed by atoms with Crippen LogP contribution < -0.4 is 17.0 Å². The topological polar surface area (TPSA) is 108 Å². The van der Waals surface area contributed by atoms with Gasteiger partial charge in [-0.3, -0.25) is 14.4 Å². The Balaban J connectivity index is 3.36. The first kappa shape index (κ1) is 13.3. The maximum Gasteiger partial charge on any atom is 0.265 e. The number of hydrogen-bond acceptors (Lipinski definition) is 4. The number of rotatable bonds is 5. The van der Waals surface area contributed by atoms with Crippen LogP contribution in [0.15, 0.2) is 16.9 Å². The van der Waals surface area contributed by atoms with E-state index in [0.717, 1.165) is 0 Å². The van der Waals surface area contributed by atoms with Gasteiger partial charge in [-0.15, -0.1) is 0 Å². The number of thioether (sulfide) groups is 1. The predicted octanol–water partition coefficient (Wildman–Crippen LogP) is -0.591. The first-order valence-corrected chi connectivity index (χ1v) is 6.20. The fourth-order valence-corrected chi connectivity index (χ4v) is 1.75. The highest BCUT2D eigenvalue weighted by atomic mass is 32.2. The second-order valence-corrected chi connectivity index (χ2v) is 4.30. The van der Waals surface area contributed by atoms with E-state index in [2.05, 4.69) is 0 Å². The van der Waals surface area contributed by atoms with Gasteiger partial charge in [-0.2, -0.15) is 11.8 Å². The molecular weight excluding hydrogens is 242 g/mol. The molecule has 7 heteroatoms. The largest absolute Gasteiger partial charge is 0.365 e. The number of nitrogens with two attached hydrogens (primary N) is 2. The highest BCUT2D eigenvalue weighted by molar-refractivity contribution is 7.98. The summed E-state index contributed by atoms with van der Waals surface area (Å²) in [5, 5.41) is 0. The number of aromatic nitrogens is 1. The zero-order valence-electron chi connectivity index (χ0n) is 9.30. The van der Waals surface area contributed by atoms with E-state index in [4.69, 9.17) is 11.5 Å². The van der Waals surface area contributed by atoms with Gasteiger partial charge in [0, 0.05) is 12.3 Å². The van der Waals surface area contributed by atoms with Gasteiger partial charge < -0.3 is 16.0 Å². The van der Waals surface area contributed by atoms with Crippen LogP contribution in [0.5, 0.6) is 0 Å². The quantitative estimate of drug-likeness (QED) is 0.733. The molecule has 0 aliphatic rings. The van der Waals surface area contributed by atoms with Gasteiger partial charge in [0.15, 0.2) is 0 Å². The summed E-state index contributed by atoms with van der Waals surface area (Å²) in [6.45, 7) is 0.305. The lowest BCUT2D eigenvalue weighted by atomic mass is 10.2. The Kier molecular flexibility index (Phi) is 4.33. The second kappa shape index (κ2) is 5.53. The summed E-state index contributed by atoms with van der Waals surface area (Å²) in [4.78, 5) is 34.1. The van der Waals surface area contributed by atoms with Crippen LogP contribution in [0.25, 0.3) is 0 Å². The number of nitrogens with zero attached hydrogens (tertiary/aromatic N) is 1. The van der Waals surface area contributed by atoms with E-state index >= 15 is 0 Å². The minimum absolute atomic E-state index is 0.0778. The predicted molar refractivity (Wildman–Crippen MR) is 66.1 cm³/mol. The normalized spacial score (nSPS) is 10.2. The molecule has 0 radical (unpaired) electrons. The summed E-state index contributed by atoms with van der Waals surface area (Å²) in [7, 11) is 0. The molecule has 92 valence electrons. The summed E-state index contributed by atoms with van der Waals surface area (Å²) < 4.78 is 1.18. The Morgan fingerprint density at radius 3 is 2.41 bits per heavy atom. The molecule has 4 N–H and O–H groups in total. The fourth-order valence-electron chi connectivity index (χ4n) is 1.39.